The number of rotatable bonds is 7. The van der Waals surface area contributed by atoms with E-state index < -0.39 is 10.0 Å². The van der Waals surface area contributed by atoms with E-state index in [9.17, 15) is 8.42 Å². The Morgan fingerprint density at radius 1 is 1.19 bits per heavy atom. The first kappa shape index (κ1) is 19.4. The van der Waals surface area contributed by atoms with Crippen LogP contribution in [0.5, 0.6) is 5.75 Å². The molecule has 0 saturated carbocycles. The van der Waals surface area contributed by atoms with Crippen LogP contribution in [0, 0.1) is 6.92 Å². The number of fused-ring (bicyclic) bond motifs is 1. The lowest BCUT2D eigenvalue weighted by Gasteiger charge is -2.17. The van der Waals surface area contributed by atoms with Gasteiger partial charge in [0.2, 0.25) is 0 Å². The van der Waals surface area contributed by atoms with Crippen LogP contribution in [0.15, 0.2) is 41.3 Å². The van der Waals surface area contributed by atoms with Crippen LogP contribution in [0.2, 0.25) is 0 Å². The van der Waals surface area contributed by atoms with Crippen LogP contribution in [-0.2, 0) is 10.0 Å². The standard InChI is InChI=1S/C20H25N3O3S/c1-5-6-11-26-19-12-15(4)16(14(2)3)13-20(19)27(24,25)23-18-10-8-7-9-17(18)21-22-23/h7-10,12-14H,5-6,11H2,1-4H3. The van der Waals surface area contributed by atoms with Crippen LogP contribution in [0.3, 0.4) is 0 Å². The highest BCUT2D eigenvalue weighted by Gasteiger charge is 2.27. The van der Waals surface area contributed by atoms with Crippen LogP contribution >= 0.6 is 0 Å². The normalized spacial score (nSPS) is 12.0. The highest BCUT2D eigenvalue weighted by molar-refractivity contribution is 7.90. The number of aromatic nitrogens is 3. The van der Waals surface area contributed by atoms with Gasteiger partial charge >= 0.3 is 0 Å². The van der Waals surface area contributed by atoms with Gasteiger partial charge in [-0.3, -0.25) is 0 Å². The molecule has 0 aliphatic carbocycles. The van der Waals surface area contributed by atoms with Crippen LogP contribution in [0.4, 0.5) is 0 Å². The molecule has 1 aromatic heterocycles. The first-order valence-electron chi connectivity index (χ1n) is 9.19. The van der Waals surface area contributed by atoms with Gasteiger partial charge < -0.3 is 4.74 Å². The van der Waals surface area contributed by atoms with Gasteiger partial charge in [-0.1, -0.05) is 44.5 Å². The van der Waals surface area contributed by atoms with Gasteiger partial charge in [0.1, 0.15) is 21.7 Å². The maximum absolute atomic E-state index is 13.4. The predicted molar refractivity (Wildman–Crippen MR) is 106 cm³/mol. The van der Waals surface area contributed by atoms with Crippen molar-refractivity contribution in [2.24, 2.45) is 0 Å². The Kier molecular flexibility index (Phi) is 5.51. The molecule has 0 aliphatic rings. The maximum atomic E-state index is 13.4. The van der Waals surface area contributed by atoms with Crippen molar-refractivity contribution < 1.29 is 13.2 Å². The lowest BCUT2D eigenvalue weighted by molar-refractivity contribution is 0.301. The summed E-state index contributed by atoms with van der Waals surface area (Å²) in [4.78, 5) is 0.128. The minimum atomic E-state index is -3.94. The zero-order valence-corrected chi connectivity index (χ0v) is 17.0. The summed E-state index contributed by atoms with van der Waals surface area (Å²) in [6.45, 7) is 8.60. The number of benzene rings is 2. The summed E-state index contributed by atoms with van der Waals surface area (Å²) < 4.78 is 33.7. The highest BCUT2D eigenvalue weighted by atomic mass is 32.2. The third kappa shape index (κ3) is 3.69. The molecule has 3 rings (SSSR count). The number of nitrogens with zero attached hydrogens (tertiary/aromatic N) is 3. The number of ether oxygens (including phenoxy) is 1. The Morgan fingerprint density at radius 3 is 2.63 bits per heavy atom. The number of hydrogen-bond donors (Lipinski definition) is 0. The van der Waals surface area contributed by atoms with Gasteiger partial charge in [-0.05, 0) is 54.7 Å². The summed E-state index contributed by atoms with van der Waals surface area (Å²) >= 11 is 0. The average Bonchev–Trinajstić information content (AvgIpc) is 3.06. The van der Waals surface area contributed by atoms with Gasteiger partial charge in [0.15, 0.2) is 0 Å². The van der Waals surface area contributed by atoms with E-state index in [0.717, 1.165) is 28.1 Å². The minimum absolute atomic E-state index is 0.128. The lowest BCUT2D eigenvalue weighted by atomic mass is 9.98. The van der Waals surface area contributed by atoms with Crippen molar-refractivity contribution in [1.29, 1.82) is 0 Å². The predicted octanol–water partition coefficient (Wildman–Crippen LogP) is 4.28. The molecule has 0 bridgehead atoms. The van der Waals surface area contributed by atoms with E-state index in [2.05, 4.69) is 17.2 Å². The van der Waals surface area contributed by atoms with Crippen molar-refractivity contribution in [2.75, 3.05) is 6.61 Å². The second-order valence-corrected chi connectivity index (χ2v) is 8.67. The number of para-hydroxylation sites is 1. The van der Waals surface area contributed by atoms with Crippen molar-refractivity contribution in [3.8, 4) is 5.75 Å². The Balaban J connectivity index is 2.18. The minimum Gasteiger partial charge on any atom is -0.492 e. The van der Waals surface area contributed by atoms with E-state index in [4.69, 9.17) is 4.74 Å². The van der Waals surface area contributed by atoms with Crippen molar-refractivity contribution >= 4 is 21.1 Å². The number of unbranched alkanes of at least 4 members (excludes halogenated alkanes) is 1. The highest BCUT2D eigenvalue weighted by Crippen LogP contribution is 2.33. The van der Waals surface area contributed by atoms with Gasteiger partial charge in [-0.25, -0.2) is 0 Å². The van der Waals surface area contributed by atoms with Gasteiger partial charge in [-0.2, -0.15) is 8.42 Å². The molecule has 1 heterocycles. The summed E-state index contributed by atoms with van der Waals surface area (Å²) in [6, 6.07) is 10.5. The Morgan fingerprint density at radius 2 is 1.93 bits per heavy atom. The van der Waals surface area contributed by atoms with Crippen LogP contribution < -0.4 is 4.74 Å². The van der Waals surface area contributed by atoms with Gasteiger partial charge in [-0.15, -0.1) is 9.19 Å². The molecule has 0 spiro atoms. The molecule has 0 amide bonds. The fourth-order valence-electron chi connectivity index (χ4n) is 3.06. The first-order valence-corrected chi connectivity index (χ1v) is 10.6. The van der Waals surface area contributed by atoms with Crippen LogP contribution in [0.1, 0.15) is 50.7 Å². The molecule has 2 aromatic carbocycles. The molecule has 0 fully saturated rings. The maximum Gasteiger partial charge on any atom is 0.288 e. The Hall–Kier alpha value is -2.41. The summed E-state index contributed by atoms with van der Waals surface area (Å²) in [5.41, 5.74) is 2.97. The van der Waals surface area contributed by atoms with Gasteiger partial charge in [0.05, 0.1) is 6.61 Å². The topological polar surface area (TPSA) is 74.1 Å². The molecule has 0 radical (unpaired) electrons. The van der Waals surface area contributed by atoms with Crippen molar-refractivity contribution in [3.63, 3.8) is 0 Å². The van der Waals surface area contributed by atoms with E-state index in [0.29, 0.717) is 23.4 Å². The molecule has 3 aromatic rings. The molecular formula is C20H25N3O3S. The Labute approximate surface area is 160 Å². The Bertz CT molecular complexity index is 1060. The molecule has 0 aliphatic heterocycles. The summed E-state index contributed by atoms with van der Waals surface area (Å²) in [6.07, 6.45) is 1.83. The third-order valence-corrected chi connectivity index (χ3v) is 6.14. The van der Waals surface area contributed by atoms with Crippen LogP contribution in [-0.4, -0.2) is 29.4 Å². The van der Waals surface area contributed by atoms with E-state index in [1.807, 2.05) is 26.8 Å². The zero-order chi connectivity index (χ0) is 19.6. The molecule has 0 N–H and O–H groups in total. The van der Waals surface area contributed by atoms with E-state index in [1.165, 1.54) is 0 Å². The second kappa shape index (κ2) is 7.68. The van der Waals surface area contributed by atoms with Gasteiger partial charge in [0, 0.05) is 0 Å². The molecular weight excluding hydrogens is 362 g/mol. The summed E-state index contributed by atoms with van der Waals surface area (Å²) in [7, 11) is -3.94. The molecule has 0 saturated heterocycles. The average molecular weight is 388 g/mol. The molecule has 7 heteroatoms. The zero-order valence-electron chi connectivity index (χ0n) is 16.1. The fraction of sp³-hybridized carbons (Fsp3) is 0.400. The molecule has 27 heavy (non-hydrogen) atoms. The first-order chi connectivity index (χ1) is 12.9. The second-order valence-electron chi connectivity index (χ2n) is 6.94. The van der Waals surface area contributed by atoms with E-state index >= 15 is 0 Å². The summed E-state index contributed by atoms with van der Waals surface area (Å²) in [5, 5.41) is 7.88. The van der Waals surface area contributed by atoms with Crippen molar-refractivity contribution in [1.82, 2.24) is 14.4 Å². The quantitative estimate of drug-likeness (QED) is 0.566. The van der Waals surface area contributed by atoms with Crippen LogP contribution in [0.25, 0.3) is 11.0 Å². The van der Waals surface area contributed by atoms with Gasteiger partial charge in [0.25, 0.3) is 10.0 Å². The fourth-order valence-corrected chi connectivity index (χ4v) is 4.44. The third-order valence-electron chi connectivity index (χ3n) is 4.54. The molecule has 144 valence electrons. The summed E-state index contributed by atoms with van der Waals surface area (Å²) in [5.74, 6) is 0.557. The molecule has 0 atom stereocenters. The molecule has 0 unspecified atom stereocenters. The molecule has 6 nitrogen and oxygen atoms in total. The monoisotopic (exact) mass is 387 g/mol. The van der Waals surface area contributed by atoms with E-state index in [-0.39, 0.29) is 10.8 Å². The van der Waals surface area contributed by atoms with E-state index in [1.54, 1.807) is 30.3 Å². The van der Waals surface area contributed by atoms with Crippen molar-refractivity contribution in [2.45, 2.75) is 51.3 Å². The lowest BCUT2D eigenvalue weighted by Crippen LogP contribution is -2.17. The number of aryl methyl sites for hydroxylation is 1. The largest absolute Gasteiger partial charge is 0.492 e. The smallest absolute Gasteiger partial charge is 0.288 e. The SMILES string of the molecule is CCCCOc1cc(C)c(C(C)C)cc1S(=O)(=O)n1nnc2ccccc21. The number of hydrogen-bond acceptors (Lipinski definition) is 5. The van der Waals surface area contributed by atoms with Crippen molar-refractivity contribution in [3.05, 3.63) is 47.5 Å².